The van der Waals surface area contributed by atoms with Gasteiger partial charge in [0.2, 0.25) is 0 Å². The minimum Gasteiger partial charge on any atom is -0.478 e. The number of benzene rings is 1. The molecule has 0 fully saturated rings. The molecule has 2 rings (SSSR count). The average Bonchev–Trinajstić information content (AvgIpc) is 2.64. The van der Waals surface area contributed by atoms with Gasteiger partial charge in [0.15, 0.2) is 0 Å². The lowest BCUT2D eigenvalue weighted by atomic mass is 10.2. The van der Waals surface area contributed by atoms with Gasteiger partial charge in [0.05, 0.1) is 11.3 Å². The highest BCUT2D eigenvalue weighted by atomic mass is 16.4. The molecular weight excluding hydrogens is 244 g/mol. The molecule has 2 N–H and O–H groups in total. The maximum absolute atomic E-state index is 10.9. The molecule has 0 spiro atoms. The van der Waals surface area contributed by atoms with Crippen molar-refractivity contribution in [1.29, 1.82) is 5.26 Å². The Kier molecular flexibility index (Phi) is 3.21. The van der Waals surface area contributed by atoms with Crippen molar-refractivity contribution < 1.29 is 9.90 Å². The molecule has 6 heteroatoms. The van der Waals surface area contributed by atoms with E-state index in [4.69, 9.17) is 10.4 Å². The number of nitrogens with one attached hydrogen (secondary N) is 1. The largest absolute Gasteiger partial charge is 0.478 e. The zero-order chi connectivity index (χ0) is 14.0. The van der Waals surface area contributed by atoms with Crippen molar-refractivity contribution in [2.75, 3.05) is 5.32 Å². The van der Waals surface area contributed by atoms with E-state index in [1.54, 1.807) is 30.8 Å². The summed E-state index contributed by atoms with van der Waals surface area (Å²) >= 11 is 0. The van der Waals surface area contributed by atoms with Crippen LogP contribution in [0.1, 0.15) is 21.6 Å². The molecule has 0 aliphatic rings. The fourth-order valence-corrected chi connectivity index (χ4v) is 1.80. The van der Waals surface area contributed by atoms with E-state index in [9.17, 15) is 4.79 Å². The highest BCUT2D eigenvalue weighted by Gasteiger charge is 2.13. The fourth-order valence-electron chi connectivity index (χ4n) is 1.80. The van der Waals surface area contributed by atoms with E-state index in [1.165, 1.54) is 12.1 Å². The Morgan fingerprint density at radius 3 is 2.89 bits per heavy atom. The smallest absolute Gasteiger partial charge is 0.335 e. The quantitative estimate of drug-likeness (QED) is 0.876. The van der Waals surface area contributed by atoms with E-state index in [0.29, 0.717) is 22.8 Å². The van der Waals surface area contributed by atoms with Crippen LogP contribution in [-0.2, 0) is 7.05 Å². The molecule has 2 aromatic rings. The van der Waals surface area contributed by atoms with Crippen molar-refractivity contribution in [2.24, 2.45) is 7.05 Å². The molecule has 0 saturated carbocycles. The van der Waals surface area contributed by atoms with Gasteiger partial charge in [-0.3, -0.25) is 4.68 Å². The van der Waals surface area contributed by atoms with Gasteiger partial charge in [0, 0.05) is 12.7 Å². The monoisotopic (exact) mass is 256 g/mol. The molecule has 0 radical (unpaired) electrons. The van der Waals surface area contributed by atoms with E-state index in [1.807, 2.05) is 0 Å². The summed E-state index contributed by atoms with van der Waals surface area (Å²) in [6.45, 7) is 1.75. The van der Waals surface area contributed by atoms with Crippen molar-refractivity contribution in [3.05, 3.63) is 41.1 Å². The van der Waals surface area contributed by atoms with Gasteiger partial charge in [-0.15, -0.1) is 0 Å². The summed E-state index contributed by atoms with van der Waals surface area (Å²) in [5, 5.41) is 25.2. The maximum Gasteiger partial charge on any atom is 0.335 e. The standard InChI is InChI=1S/C13H12N4O2/c1-8-11(7-14)12(17(2)16-8)15-10-5-3-4-9(6-10)13(18)19/h3-6,15H,1-2H3,(H,18,19). The fraction of sp³-hybridized carbons (Fsp3) is 0.154. The van der Waals surface area contributed by atoms with Crippen LogP contribution >= 0.6 is 0 Å². The van der Waals surface area contributed by atoms with Crippen molar-refractivity contribution >= 4 is 17.5 Å². The van der Waals surface area contributed by atoms with Crippen LogP contribution in [0.4, 0.5) is 11.5 Å². The summed E-state index contributed by atoms with van der Waals surface area (Å²) in [5.74, 6) is -0.451. The maximum atomic E-state index is 10.9. The van der Waals surface area contributed by atoms with Gasteiger partial charge in [-0.1, -0.05) is 6.07 Å². The van der Waals surface area contributed by atoms with Crippen molar-refractivity contribution in [2.45, 2.75) is 6.92 Å². The Balaban J connectivity index is 2.39. The SMILES string of the molecule is Cc1nn(C)c(Nc2cccc(C(=O)O)c2)c1C#N. The number of nitrogens with zero attached hydrogens (tertiary/aromatic N) is 3. The van der Waals surface area contributed by atoms with Gasteiger partial charge in [-0.05, 0) is 25.1 Å². The molecule has 96 valence electrons. The van der Waals surface area contributed by atoms with Gasteiger partial charge < -0.3 is 10.4 Å². The molecule has 0 unspecified atom stereocenters. The zero-order valence-electron chi connectivity index (χ0n) is 10.5. The van der Waals surface area contributed by atoms with E-state index in [2.05, 4.69) is 16.5 Å². The number of aryl methyl sites for hydroxylation is 2. The normalized spacial score (nSPS) is 9.95. The van der Waals surface area contributed by atoms with Gasteiger partial charge in [0.1, 0.15) is 17.5 Å². The lowest BCUT2D eigenvalue weighted by Gasteiger charge is -2.07. The Bertz CT molecular complexity index is 682. The van der Waals surface area contributed by atoms with Crippen LogP contribution in [0.5, 0.6) is 0 Å². The number of rotatable bonds is 3. The van der Waals surface area contributed by atoms with E-state index in [-0.39, 0.29) is 5.56 Å². The highest BCUT2D eigenvalue weighted by molar-refractivity contribution is 5.89. The summed E-state index contributed by atoms with van der Waals surface area (Å²) in [7, 11) is 1.72. The molecular formula is C13H12N4O2. The van der Waals surface area contributed by atoms with Crippen LogP contribution in [0.15, 0.2) is 24.3 Å². The number of carboxylic acid groups (broad SMARTS) is 1. The number of anilines is 2. The number of aromatic nitrogens is 2. The molecule has 19 heavy (non-hydrogen) atoms. The van der Waals surface area contributed by atoms with E-state index >= 15 is 0 Å². The number of carboxylic acids is 1. The molecule has 1 aromatic carbocycles. The first-order valence-electron chi connectivity index (χ1n) is 5.57. The molecule has 0 aliphatic carbocycles. The van der Waals surface area contributed by atoms with Crippen LogP contribution < -0.4 is 5.32 Å². The Labute approximate surface area is 109 Å². The second-order valence-electron chi connectivity index (χ2n) is 4.06. The third-order valence-electron chi connectivity index (χ3n) is 2.71. The summed E-state index contributed by atoms with van der Waals surface area (Å²) in [6, 6.07) is 8.47. The van der Waals surface area contributed by atoms with Crippen LogP contribution in [0, 0.1) is 18.3 Å². The van der Waals surface area contributed by atoms with E-state index < -0.39 is 5.97 Å². The number of hydrogen-bond donors (Lipinski definition) is 2. The van der Waals surface area contributed by atoms with E-state index in [0.717, 1.165) is 0 Å². The lowest BCUT2D eigenvalue weighted by Crippen LogP contribution is -2.02. The topological polar surface area (TPSA) is 90.9 Å². The number of hydrogen-bond acceptors (Lipinski definition) is 4. The van der Waals surface area contributed by atoms with Gasteiger partial charge in [-0.25, -0.2) is 4.79 Å². The zero-order valence-corrected chi connectivity index (χ0v) is 10.5. The second-order valence-corrected chi connectivity index (χ2v) is 4.06. The predicted octanol–water partition coefficient (Wildman–Crippen LogP) is 2.04. The number of aromatic carboxylic acids is 1. The third kappa shape index (κ3) is 2.40. The van der Waals surface area contributed by atoms with Gasteiger partial charge >= 0.3 is 5.97 Å². The summed E-state index contributed by atoms with van der Waals surface area (Å²) in [6.07, 6.45) is 0. The highest BCUT2D eigenvalue weighted by Crippen LogP contribution is 2.22. The van der Waals surface area contributed by atoms with Crippen LogP contribution in [-0.4, -0.2) is 20.9 Å². The molecule has 6 nitrogen and oxygen atoms in total. The Morgan fingerprint density at radius 2 is 2.26 bits per heavy atom. The number of nitriles is 1. The minimum absolute atomic E-state index is 0.183. The second kappa shape index (κ2) is 4.82. The molecule has 1 aromatic heterocycles. The minimum atomic E-state index is -0.995. The summed E-state index contributed by atoms with van der Waals surface area (Å²) < 4.78 is 1.56. The summed E-state index contributed by atoms with van der Waals surface area (Å²) in [4.78, 5) is 10.9. The predicted molar refractivity (Wildman–Crippen MR) is 69.3 cm³/mol. The molecule has 0 saturated heterocycles. The van der Waals surface area contributed by atoms with Crippen molar-refractivity contribution in [3.8, 4) is 6.07 Å². The van der Waals surface area contributed by atoms with Crippen LogP contribution in [0.3, 0.4) is 0 Å². The first kappa shape index (κ1) is 12.6. The first-order valence-corrected chi connectivity index (χ1v) is 5.57. The lowest BCUT2D eigenvalue weighted by molar-refractivity contribution is 0.0697. The third-order valence-corrected chi connectivity index (χ3v) is 2.71. The first-order chi connectivity index (χ1) is 9.02. The van der Waals surface area contributed by atoms with Gasteiger partial charge in [-0.2, -0.15) is 10.4 Å². The van der Waals surface area contributed by atoms with Gasteiger partial charge in [0.25, 0.3) is 0 Å². The Morgan fingerprint density at radius 1 is 1.53 bits per heavy atom. The Hall–Kier alpha value is -2.81. The number of carbonyl (C=O) groups is 1. The van der Waals surface area contributed by atoms with Crippen molar-refractivity contribution in [1.82, 2.24) is 9.78 Å². The average molecular weight is 256 g/mol. The summed E-state index contributed by atoms with van der Waals surface area (Å²) in [5.41, 5.74) is 1.85. The molecule has 1 heterocycles. The molecule has 0 atom stereocenters. The van der Waals surface area contributed by atoms with Crippen LogP contribution in [0.2, 0.25) is 0 Å². The molecule has 0 bridgehead atoms. The van der Waals surface area contributed by atoms with Crippen molar-refractivity contribution in [3.63, 3.8) is 0 Å². The van der Waals surface area contributed by atoms with Crippen LogP contribution in [0.25, 0.3) is 0 Å². The molecule has 0 aliphatic heterocycles. The molecule has 0 amide bonds.